The zero-order chi connectivity index (χ0) is 30.0. The molecule has 42 heavy (non-hydrogen) atoms. The van der Waals surface area contributed by atoms with Crippen molar-refractivity contribution in [2.75, 3.05) is 20.7 Å². The molecule has 0 unspecified atom stereocenters. The summed E-state index contributed by atoms with van der Waals surface area (Å²) in [7, 11) is 3.31. The van der Waals surface area contributed by atoms with Gasteiger partial charge in [-0.3, -0.25) is 14.5 Å². The van der Waals surface area contributed by atoms with Crippen molar-refractivity contribution < 1.29 is 19.1 Å². The average Bonchev–Trinajstić information content (AvgIpc) is 3.57. The van der Waals surface area contributed by atoms with E-state index in [0.29, 0.717) is 27.9 Å². The van der Waals surface area contributed by atoms with Crippen LogP contribution in [0.5, 0.6) is 5.75 Å². The highest BCUT2D eigenvalue weighted by atomic mass is 127. The van der Waals surface area contributed by atoms with Crippen molar-refractivity contribution in [3.8, 4) is 17.0 Å². The molecule has 3 atom stereocenters. The second-order valence-electron chi connectivity index (χ2n) is 10.2. The van der Waals surface area contributed by atoms with E-state index in [1.165, 1.54) is 9.80 Å². The third-order valence-electron chi connectivity index (χ3n) is 7.22. The maximum atomic E-state index is 13.9. The second kappa shape index (κ2) is 12.5. The van der Waals surface area contributed by atoms with Gasteiger partial charge in [-0.2, -0.15) is 0 Å². The number of carbonyl (C=O) groups excluding carboxylic acids is 3. The first-order valence-corrected chi connectivity index (χ1v) is 14.7. The summed E-state index contributed by atoms with van der Waals surface area (Å²) in [5.74, 6) is 0.104. The summed E-state index contributed by atoms with van der Waals surface area (Å²) in [4.78, 5) is 49.9. The average molecular weight is 698 g/mol. The molecule has 1 saturated heterocycles. The van der Waals surface area contributed by atoms with Crippen molar-refractivity contribution in [2.24, 2.45) is 0 Å². The number of aromatic nitrogens is 2. The standard InChI is InChI=1S/C31H29ClIN5O4/c1-18(19-7-5-4-6-8-19)28(29-34-16-25(35-29)23-14-11-21(33)15-24(23)32)38-30(40)27(36-31(38)41)20-9-12-22(13-10-20)42-17-26(39)37(2)3/h4-16,18,27-28H,17H2,1-3H3,(H,34,35)(H,36,41)/t18-,27+,28-/m0/s1. The van der Waals surface area contributed by atoms with Gasteiger partial charge in [0.2, 0.25) is 0 Å². The van der Waals surface area contributed by atoms with E-state index in [0.717, 1.165) is 14.7 Å². The summed E-state index contributed by atoms with van der Waals surface area (Å²) < 4.78 is 6.55. The molecule has 0 spiro atoms. The predicted octanol–water partition coefficient (Wildman–Crippen LogP) is 5.94. The highest BCUT2D eigenvalue weighted by molar-refractivity contribution is 14.1. The van der Waals surface area contributed by atoms with Gasteiger partial charge in [-0.25, -0.2) is 9.78 Å². The van der Waals surface area contributed by atoms with Crippen LogP contribution < -0.4 is 10.1 Å². The first-order valence-electron chi connectivity index (χ1n) is 13.3. The molecule has 2 N–H and O–H groups in total. The lowest BCUT2D eigenvalue weighted by Gasteiger charge is -2.29. The maximum absolute atomic E-state index is 13.9. The Labute approximate surface area is 262 Å². The van der Waals surface area contributed by atoms with Crippen molar-refractivity contribution in [2.45, 2.75) is 24.9 Å². The number of hydrogen-bond acceptors (Lipinski definition) is 5. The van der Waals surface area contributed by atoms with Gasteiger partial charge in [0.05, 0.1) is 16.9 Å². The van der Waals surface area contributed by atoms with Gasteiger partial charge in [0.1, 0.15) is 23.7 Å². The lowest BCUT2D eigenvalue weighted by atomic mass is 9.91. The first-order chi connectivity index (χ1) is 20.1. The third kappa shape index (κ3) is 6.14. The fourth-order valence-electron chi connectivity index (χ4n) is 4.87. The molecule has 9 nitrogen and oxygen atoms in total. The van der Waals surface area contributed by atoms with Gasteiger partial charge in [0.15, 0.2) is 6.61 Å². The third-order valence-corrected chi connectivity index (χ3v) is 8.20. The number of benzene rings is 3. The summed E-state index contributed by atoms with van der Waals surface area (Å²) >= 11 is 8.72. The molecule has 4 amide bonds. The topological polar surface area (TPSA) is 108 Å². The normalized spacial score (nSPS) is 16.2. The van der Waals surface area contributed by atoms with E-state index in [1.807, 2.05) is 55.5 Å². The lowest BCUT2D eigenvalue weighted by molar-refractivity contribution is -0.131. The smallest absolute Gasteiger partial charge is 0.325 e. The molecule has 1 aliphatic rings. The lowest BCUT2D eigenvalue weighted by Crippen LogP contribution is -2.38. The highest BCUT2D eigenvalue weighted by Gasteiger charge is 2.46. The van der Waals surface area contributed by atoms with Gasteiger partial charge >= 0.3 is 6.03 Å². The number of nitrogens with one attached hydrogen (secondary N) is 2. The molecule has 216 valence electrons. The minimum absolute atomic E-state index is 0.100. The molecule has 0 aliphatic carbocycles. The number of H-pyrrole nitrogens is 1. The Morgan fingerprint density at radius 1 is 1.10 bits per heavy atom. The van der Waals surface area contributed by atoms with Crippen LogP contribution >= 0.6 is 34.2 Å². The molecule has 0 saturated carbocycles. The molecule has 0 bridgehead atoms. The van der Waals surface area contributed by atoms with Crippen LogP contribution in [0.15, 0.2) is 79.0 Å². The number of hydrogen-bond donors (Lipinski definition) is 2. The largest absolute Gasteiger partial charge is 0.484 e. The van der Waals surface area contributed by atoms with Crippen LogP contribution in [0.1, 0.15) is 41.9 Å². The first kappa shape index (κ1) is 29.6. The zero-order valence-corrected chi connectivity index (χ0v) is 26.1. The molecule has 11 heteroatoms. The maximum Gasteiger partial charge on any atom is 0.325 e. The Morgan fingerprint density at radius 3 is 2.48 bits per heavy atom. The fraction of sp³-hybridized carbons (Fsp3) is 0.226. The van der Waals surface area contributed by atoms with Crippen LogP contribution in [0.2, 0.25) is 5.02 Å². The number of aromatic amines is 1. The van der Waals surface area contributed by atoms with Crippen molar-refractivity contribution in [1.82, 2.24) is 25.1 Å². The summed E-state index contributed by atoms with van der Waals surface area (Å²) in [5, 5.41) is 3.41. The molecular formula is C31H29ClIN5O4. The van der Waals surface area contributed by atoms with Gasteiger partial charge in [0, 0.05) is 29.1 Å². The zero-order valence-electron chi connectivity index (χ0n) is 23.2. The van der Waals surface area contributed by atoms with Gasteiger partial charge in [-0.15, -0.1) is 0 Å². The summed E-state index contributed by atoms with van der Waals surface area (Å²) in [6.07, 6.45) is 1.67. The Bertz CT molecular complexity index is 1610. The molecule has 1 fully saturated rings. The summed E-state index contributed by atoms with van der Waals surface area (Å²) in [5.41, 5.74) is 3.00. The number of likely N-dealkylation sites (N-methyl/N-ethyl adjacent to an activating group) is 1. The Morgan fingerprint density at radius 2 is 1.81 bits per heavy atom. The SMILES string of the molecule is C[C@@H](c1ccccc1)[C@@H](c1ncc(-c2ccc(I)cc2Cl)[nH]1)N1C(=O)N[C@H](c2ccc(OCC(=O)N(C)C)cc2)C1=O. The second-order valence-corrected chi connectivity index (χ2v) is 11.8. The number of nitrogens with zero attached hydrogens (tertiary/aromatic N) is 3. The number of rotatable bonds is 9. The van der Waals surface area contributed by atoms with E-state index in [4.69, 9.17) is 16.3 Å². The quantitative estimate of drug-likeness (QED) is 0.166. The number of imide groups is 1. The molecule has 4 aromatic rings. The van der Waals surface area contributed by atoms with Crippen LogP contribution in [0.25, 0.3) is 11.3 Å². The van der Waals surface area contributed by atoms with Crippen LogP contribution in [-0.2, 0) is 9.59 Å². The predicted molar refractivity (Wildman–Crippen MR) is 168 cm³/mol. The Kier molecular flexibility index (Phi) is 8.83. The molecule has 1 aromatic heterocycles. The van der Waals surface area contributed by atoms with Gasteiger partial charge in [0.25, 0.3) is 11.8 Å². The molecule has 5 rings (SSSR count). The van der Waals surface area contributed by atoms with Crippen molar-refractivity contribution in [3.05, 3.63) is 105 Å². The van der Waals surface area contributed by atoms with Crippen LogP contribution in [0.3, 0.4) is 0 Å². The van der Waals surface area contributed by atoms with Crippen molar-refractivity contribution >= 4 is 52.0 Å². The van der Waals surface area contributed by atoms with Crippen molar-refractivity contribution in [3.63, 3.8) is 0 Å². The number of carbonyl (C=O) groups is 3. The molecule has 0 radical (unpaired) electrons. The monoisotopic (exact) mass is 697 g/mol. The molecular weight excluding hydrogens is 669 g/mol. The van der Waals surface area contributed by atoms with E-state index in [1.54, 1.807) is 44.6 Å². The Balaban J connectivity index is 1.45. The van der Waals surface area contributed by atoms with Gasteiger partial charge < -0.3 is 19.9 Å². The van der Waals surface area contributed by atoms with E-state index >= 15 is 0 Å². The van der Waals surface area contributed by atoms with Crippen LogP contribution in [-0.4, -0.2) is 58.3 Å². The fourth-order valence-corrected chi connectivity index (χ4v) is 5.82. The van der Waals surface area contributed by atoms with Crippen LogP contribution in [0.4, 0.5) is 4.79 Å². The van der Waals surface area contributed by atoms with Gasteiger partial charge in [-0.05, 0) is 58.0 Å². The number of imidazole rings is 1. The molecule has 1 aliphatic heterocycles. The minimum atomic E-state index is -0.888. The van der Waals surface area contributed by atoms with Crippen molar-refractivity contribution in [1.29, 1.82) is 0 Å². The van der Waals surface area contributed by atoms with E-state index in [2.05, 4.69) is 37.9 Å². The number of ether oxygens (including phenoxy) is 1. The van der Waals surface area contributed by atoms with E-state index in [9.17, 15) is 14.4 Å². The number of amides is 4. The Hall–Kier alpha value is -3.90. The number of urea groups is 1. The van der Waals surface area contributed by atoms with Crippen LogP contribution in [0, 0.1) is 3.57 Å². The number of halogens is 2. The highest BCUT2D eigenvalue weighted by Crippen LogP contribution is 2.40. The molecule has 3 aromatic carbocycles. The van der Waals surface area contributed by atoms with Gasteiger partial charge in [-0.1, -0.05) is 67.1 Å². The minimum Gasteiger partial charge on any atom is -0.484 e. The van der Waals surface area contributed by atoms with E-state index < -0.39 is 24.0 Å². The van der Waals surface area contributed by atoms with E-state index in [-0.39, 0.29) is 18.4 Å². The summed E-state index contributed by atoms with van der Waals surface area (Å²) in [6, 6.07) is 20.1. The summed E-state index contributed by atoms with van der Waals surface area (Å²) in [6.45, 7) is 1.87. The molecule has 2 heterocycles.